The van der Waals surface area contributed by atoms with Gasteiger partial charge in [0, 0.05) is 11.1 Å². The number of carbonyl (C=O) groups excluding carboxylic acids is 1. The van der Waals surface area contributed by atoms with E-state index in [1.807, 2.05) is 13.8 Å². The van der Waals surface area contributed by atoms with E-state index in [0.717, 1.165) is 0 Å². The highest BCUT2D eigenvalue weighted by Gasteiger charge is 2.32. The molecule has 0 fully saturated rings. The molecule has 0 radical (unpaired) electrons. The lowest BCUT2D eigenvalue weighted by Gasteiger charge is -2.33. The van der Waals surface area contributed by atoms with Crippen molar-refractivity contribution in [1.82, 2.24) is 5.32 Å². The topological polar surface area (TPSA) is 75.6 Å². The molecule has 0 saturated carbocycles. The van der Waals surface area contributed by atoms with Crippen LogP contribution >= 0.6 is 0 Å². The van der Waals surface area contributed by atoms with Crippen molar-refractivity contribution in [2.45, 2.75) is 39.2 Å². The fourth-order valence-electron chi connectivity index (χ4n) is 2.13. The zero-order valence-electron chi connectivity index (χ0n) is 13.3. The van der Waals surface area contributed by atoms with Crippen LogP contribution in [0.4, 0.5) is 4.39 Å². The Hall–Kier alpha value is -2.11. The third-order valence-corrected chi connectivity index (χ3v) is 3.81. The molecule has 6 heteroatoms. The lowest BCUT2D eigenvalue weighted by Crippen LogP contribution is -2.51. The van der Waals surface area contributed by atoms with E-state index in [0.29, 0.717) is 11.3 Å². The van der Waals surface area contributed by atoms with E-state index >= 15 is 0 Å². The molecule has 5 nitrogen and oxygen atoms in total. The van der Waals surface area contributed by atoms with Gasteiger partial charge in [-0.1, -0.05) is 13.8 Å². The predicted octanol–water partition coefficient (Wildman–Crippen LogP) is 2.38. The van der Waals surface area contributed by atoms with Gasteiger partial charge in [0.05, 0.1) is 20.0 Å². The molecule has 1 atom stereocenters. The van der Waals surface area contributed by atoms with Crippen molar-refractivity contribution in [2.75, 3.05) is 7.11 Å². The smallest absolute Gasteiger partial charge is 0.305 e. The number of benzene rings is 1. The number of carbonyl (C=O) groups is 2. The molecule has 22 heavy (non-hydrogen) atoms. The maximum absolute atomic E-state index is 13.3. The monoisotopic (exact) mass is 311 g/mol. The van der Waals surface area contributed by atoms with Gasteiger partial charge in [0.25, 0.3) is 0 Å². The van der Waals surface area contributed by atoms with Crippen molar-refractivity contribution in [1.29, 1.82) is 0 Å². The Labute approximate surface area is 129 Å². The molecule has 1 unspecified atom stereocenters. The largest absolute Gasteiger partial charge is 0.496 e. The Morgan fingerprint density at radius 3 is 2.55 bits per heavy atom. The number of hydrogen-bond acceptors (Lipinski definition) is 3. The molecule has 2 N–H and O–H groups in total. The molecule has 1 rings (SSSR count). The van der Waals surface area contributed by atoms with Gasteiger partial charge in [0.15, 0.2) is 0 Å². The minimum atomic E-state index is -0.986. The highest BCUT2D eigenvalue weighted by atomic mass is 19.1. The van der Waals surface area contributed by atoms with Gasteiger partial charge in [0.1, 0.15) is 11.6 Å². The first-order valence-corrected chi connectivity index (χ1v) is 7.03. The summed E-state index contributed by atoms with van der Waals surface area (Å²) in [5.41, 5.74) is -0.454. The average molecular weight is 311 g/mol. The lowest BCUT2D eigenvalue weighted by atomic mass is 9.85. The van der Waals surface area contributed by atoms with Crippen LogP contribution in [0, 0.1) is 11.7 Å². The maximum atomic E-state index is 13.3. The lowest BCUT2D eigenvalue weighted by molar-refractivity contribution is -0.139. The van der Waals surface area contributed by atoms with Crippen LogP contribution in [0.1, 0.15) is 32.8 Å². The summed E-state index contributed by atoms with van der Waals surface area (Å²) in [6, 6.07) is 3.95. The molecule has 1 amide bonds. The van der Waals surface area contributed by atoms with Crippen LogP contribution in [0.25, 0.3) is 0 Å². The molecular formula is C16H22FNO4. The van der Waals surface area contributed by atoms with E-state index in [9.17, 15) is 14.0 Å². The van der Waals surface area contributed by atoms with Crippen molar-refractivity contribution < 1.29 is 23.8 Å². The van der Waals surface area contributed by atoms with Crippen LogP contribution in [0.3, 0.4) is 0 Å². The second-order valence-electron chi connectivity index (χ2n) is 5.82. The molecule has 0 heterocycles. The summed E-state index contributed by atoms with van der Waals surface area (Å²) in [6.45, 7) is 5.37. The van der Waals surface area contributed by atoms with E-state index in [1.54, 1.807) is 6.92 Å². The summed E-state index contributed by atoms with van der Waals surface area (Å²) in [6.07, 6.45) is -0.264. The number of rotatable bonds is 7. The van der Waals surface area contributed by atoms with E-state index in [4.69, 9.17) is 9.84 Å². The molecule has 0 saturated heterocycles. The van der Waals surface area contributed by atoms with Crippen LogP contribution in [0.15, 0.2) is 18.2 Å². The fraction of sp³-hybridized carbons (Fsp3) is 0.500. The van der Waals surface area contributed by atoms with Crippen molar-refractivity contribution in [2.24, 2.45) is 5.92 Å². The summed E-state index contributed by atoms with van der Waals surface area (Å²) < 4.78 is 18.4. The SMILES string of the molecule is COc1ccc(F)cc1CC(=O)NC(C)(CC(=O)O)C(C)C. The standard InChI is InChI=1S/C16H22FNO4/c1-10(2)16(3,9-15(20)21)18-14(19)8-11-7-12(17)5-6-13(11)22-4/h5-7,10H,8-9H2,1-4H3,(H,18,19)(H,20,21). The van der Waals surface area contributed by atoms with Gasteiger partial charge in [-0.25, -0.2) is 4.39 Å². The van der Waals surface area contributed by atoms with Crippen molar-refractivity contribution in [3.05, 3.63) is 29.6 Å². The fourth-order valence-corrected chi connectivity index (χ4v) is 2.13. The van der Waals surface area contributed by atoms with Crippen molar-refractivity contribution >= 4 is 11.9 Å². The Morgan fingerprint density at radius 1 is 1.41 bits per heavy atom. The number of halogens is 1. The Morgan fingerprint density at radius 2 is 2.05 bits per heavy atom. The molecule has 1 aromatic rings. The zero-order chi connectivity index (χ0) is 16.9. The van der Waals surface area contributed by atoms with Crippen molar-refractivity contribution in [3.8, 4) is 5.75 Å². The second kappa shape index (κ2) is 7.24. The summed E-state index contributed by atoms with van der Waals surface area (Å²) in [7, 11) is 1.44. The number of amides is 1. The zero-order valence-corrected chi connectivity index (χ0v) is 13.3. The highest BCUT2D eigenvalue weighted by Crippen LogP contribution is 2.23. The van der Waals surface area contributed by atoms with Crippen LogP contribution < -0.4 is 10.1 Å². The van der Waals surface area contributed by atoms with Crippen LogP contribution in [0.5, 0.6) is 5.75 Å². The van der Waals surface area contributed by atoms with E-state index < -0.39 is 17.3 Å². The number of aliphatic carboxylic acids is 1. The van der Waals surface area contributed by atoms with Gasteiger partial charge >= 0.3 is 5.97 Å². The number of carboxylic acid groups (broad SMARTS) is 1. The quantitative estimate of drug-likeness (QED) is 0.810. The van der Waals surface area contributed by atoms with Gasteiger partial charge in [-0.15, -0.1) is 0 Å². The Kier molecular flexibility index (Phi) is 5.91. The number of nitrogens with one attached hydrogen (secondary N) is 1. The molecule has 0 aromatic heterocycles. The molecule has 0 bridgehead atoms. The van der Waals surface area contributed by atoms with Gasteiger partial charge in [-0.3, -0.25) is 9.59 Å². The third kappa shape index (κ3) is 4.72. The molecule has 0 spiro atoms. The minimum Gasteiger partial charge on any atom is -0.496 e. The second-order valence-corrected chi connectivity index (χ2v) is 5.82. The molecule has 0 aliphatic rings. The number of ether oxygens (including phenoxy) is 1. The summed E-state index contributed by atoms with van der Waals surface area (Å²) in [5.74, 6) is -1.47. The minimum absolute atomic E-state index is 0.0676. The first-order valence-electron chi connectivity index (χ1n) is 7.03. The highest BCUT2D eigenvalue weighted by molar-refractivity contribution is 5.81. The van der Waals surface area contributed by atoms with E-state index in [2.05, 4.69) is 5.32 Å². The number of methoxy groups -OCH3 is 1. The van der Waals surface area contributed by atoms with Gasteiger partial charge < -0.3 is 15.2 Å². The summed E-state index contributed by atoms with van der Waals surface area (Å²) >= 11 is 0. The normalized spacial score (nSPS) is 13.5. The first kappa shape index (κ1) is 17.9. The van der Waals surface area contributed by atoms with E-state index in [-0.39, 0.29) is 24.7 Å². The molecule has 1 aromatic carbocycles. The third-order valence-electron chi connectivity index (χ3n) is 3.81. The van der Waals surface area contributed by atoms with Crippen LogP contribution in [-0.4, -0.2) is 29.6 Å². The number of carboxylic acids is 1. The Bertz CT molecular complexity index is 559. The molecule has 0 aliphatic carbocycles. The van der Waals surface area contributed by atoms with Crippen LogP contribution in [0.2, 0.25) is 0 Å². The summed E-state index contributed by atoms with van der Waals surface area (Å²) in [4.78, 5) is 23.2. The predicted molar refractivity (Wildman–Crippen MR) is 80.3 cm³/mol. The number of hydrogen-bond donors (Lipinski definition) is 2. The van der Waals surface area contributed by atoms with Gasteiger partial charge in [-0.05, 0) is 31.0 Å². The summed E-state index contributed by atoms with van der Waals surface area (Å²) in [5, 5.41) is 11.7. The van der Waals surface area contributed by atoms with Gasteiger partial charge in [0.2, 0.25) is 5.91 Å². The Balaban J connectivity index is 2.88. The molecular weight excluding hydrogens is 289 g/mol. The van der Waals surface area contributed by atoms with Crippen molar-refractivity contribution in [3.63, 3.8) is 0 Å². The van der Waals surface area contributed by atoms with Gasteiger partial charge in [-0.2, -0.15) is 0 Å². The maximum Gasteiger partial charge on any atom is 0.305 e. The van der Waals surface area contributed by atoms with E-state index in [1.165, 1.54) is 25.3 Å². The molecule has 122 valence electrons. The van der Waals surface area contributed by atoms with Crippen LogP contribution in [-0.2, 0) is 16.0 Å². The average Bonchev–Trinajstić information content (AvgIpc) is 2.37. The molecule has 0 aliphatic heterocycles. The first-order chi connectivity index (χ1) is 10.2.